The third-order valence-electron chi connectivity index (χ3n) is 4.12. The molecule has 2 rings (SSSR count). The molecule has 0 aromatic carbocycles. The molecular formula is C15H31N3O. The Morgan fingerprint density at radius 3 is 2.58 bits per heavy atom. The first-order valence-corrected chi connectivity index (χ1v) is 7.84. The molecule has 1 atom stereocenters. The van der Waals surface area contributed by atoms with Gasteiger partial charge >= 0.3 is 0 Å². The second-order valence-corrected chi connectivity index (χ2v) is 6.92. The largest absolute Gasteiger partial charge is 0.379 e. The van der Waals surface area contributed by atoms with Gasteiger partial charge in [0.2, 0.25) is 0 Å². The molecule has 19 heavy (non-hydrogen) atoms. The van der Waals surface area contributed by atoms with Crippen LogP contribution in [0.25, 0.3) is 0 Å². The summed E-state index contributed by atoms with van der Waals surface area (Å²) >= 11 is 0. The second-order valence-electron chi connectivity index (χ2n) is 6.92. The zero-order chi connectivity index (χ0) is 13.7. The highest BCUT2D eigenvalue weighted by molar-refractivity contribution is 4.84. The summed E-state index contributed by atoms with van der Waals surface area (Å²) in [6, 6.07) is 0.777. The lowest BCUT2D eigenvalue weighted by Crippen LogP contribution is -2.44. The van der Waals surface area contributed by atoms with E-state index in [1.54, 1.807) is 0 Å². The van der Waals surface area contributed by atoms with Crippen LogP contribution in [0.3, 0.4) is 0 Å². The first-order valence-electron chi connectivity index (χ1n) is 7.84. The van der Waals surface area contributed by atoms with Gasteiger partial charge in [0.1, 0.15) is 0 Å². The lowest BCUT2D eigenvalue weighted by Gasteiger charge is -2.32. The zero-order valence-electron chi connectivity index (χ0n) is 13.0. The summed E-state index contributed by atoms with van der Waals surface area (Å²) in [4.78, 5) is 5.25. The summed E-state index contributed by atoms with van der Waals surface area (Å²) in [5.41, 5.74) is 0.251. The van der Waals surface area contributed by atoms with Crippen molar-refractivity contribution in [2.24, 2.45) is 0 Å². The van der Waals surface area contributed by atoms with Crippen molar-refractivity contribution in [1.82, 2.24) is 15.1 Å². The number of ether oxygens (including phenoxy) is 1. The number of morpholine rings is 1. The molecule has 0 radical (unpaired) electrons. The van der Waals surface area contributed by atoms with E-state index >= 15 is 0 Å². The van der Waals surface area contributed by atoms with Crippen LogP contribution in [0.2, 0.25) is 0 Å². The highest BCUT2D eigenvalue weighted by Gasteiger charge is 2.28. The van der Waals surface area contributed by atoms with Crippen LogP contribution in [0.4, 0.5) is 0 Å². The van der Waals surface area contributed by atoms with Gasteiger partial charge < -0.3 is 15.0 Å². The Morgan fingerprint density at radius 2 is 1.89 bits per heavy atom. The highest BCUT2D eigenvalue weighted by atomic mass is 16.5. The minimum Gasteiger partial charge on any atom is -0.379 e. The fourth-order valence-corrected chi connectivity index (χ4v) is 3.02. The standard InChI is InChI=1S/C15H31N3O/c1-15(2,3)16-6-4-7-17-8-5-14(13-17)18-9-11-19-12-10-18/h14,16H,4-13H2,1-3H3. The summed E-state index contributed by atoms with van der Waals surface area (Å²) in [6.45, 7) is 15.7. The van der Waals surface area contributed by atoms with E-state index in [4.69, 9.17) is 4.74 Å². The van der Waals surface area contributed by atoms with Crippen molar-refractivity contribution < 1.29 is 4.74 Å². The van der Waals surface area contributed by atoms with Crippen molar-refractivity contribution >= 4 is 0 Å². The molecule has 2 saturated heterocycles. The predicted octanol–water partition coefficient (Wildman–Crippen LogP) is 1.17. The number of likely N-dealkylation sites (tertiary alicyclic amines) is 1. The molecule has 0 saturated carbocycles. The lowest BCUT2D eigenvalue weighted by atomic mass is 10.1. The lowest BCUT2D eigenvalue weighted by molar-refractivity contribution is 0.0185. The number of nitrogens with one attached hydrogen (secondary N) is 1. The summed E-state index contributed by atoms with van der Waals surface area (Å²) < 4.78 is 5.43. The number of hydrogen-bond acceptors (Lipinski definition) is 4. The average Bonchev–Trinajstić information content (AvgIpc) is 2.83. The van der Waals surface area contributed by atoms with Gasteiger partial charge in [-0.15, -0.1) is 0 Å². The monoisotopic (exact) mass is 269 g/mol. The van der Waals surface area contributed by atoms with Gasteiger partial charge in [0.15, 0.2) is 0 Å². The fraction of sp³-hybridized carbons (Fsp3) is 1.00. The summed E-state index contributed by atoms with van der Waals surface area (Å²) in [6.07, 6.45) is 2.60. The Balaban J connectivity index is 1.59. The van der Waals surface area contributed by atoms with Crippen LogP contribution in [0.5, 0.6) is 0 Å². The van der Waals surface area contributed by atoms with Crippen LogP contribution in [0.1, 0.15) is 33.6 Å². The number of hydrogen-bond donors (Lipinski definition) is 1. The summed E-state index contributed by atoms with van der Waals surface area (Å²) in [7, 11) is 0. The highest BCUT2D eigenvalue weighted by Crippen LogP contribution is 2.16. The number of rotatable bonds is 5. The molecule has 2 heterocycles. The molecule has 2 aliphatic heterocycles. The van der Waals surface area contributed by atoms with Crippen molar-refractivity contribution in [2.45, 2.75) is 45.2 Å². The molecule has 0 aromatic heterocycles. The first-order chi connectivity index (χ1) is 9.04. The van der Waals surface area contributed by atoms with Gasteiger partial charge in [-0.05, 0) is 53.2 Å². The molecule has 112 valence electrons. The Labute approximate surface area is 118 Å². The normalized spacial score (nSPS) is 27.0. The van der Waals surface area contributed by atoms with Gasteiger partial charge in [-0.1, -0.05) is 0 Å². The average molecular weight is 269 g/mol. The van der Waals surface area contributed by atoms with E-state index in [9.17, 15) is 0 Å². The zero-order valence-corrected chi connectivity index (χ0v) is 13.0. The molecule has 1 unspecified atom stereocenters. The van der Waals surface area contributed by atoms with E-state index in [1.807, 2.05) is 0 Å². The molecule has 0 amide bonds. The van der Waals surface area contributed by atoms with E-state index < -0.39 is 0 Å². The Bertz CT molecular complexity index is 259. The van der Waals surface area contributed by atoms with E-state index in [2.05, 4.69) is 35.9 Å². The molecule has 4 heteroatoms. The summed E-state index contributed by atoms with van der Waals surface area (Å²) in [5.74, 6) is 0. The third-order valence-corrected chi connectivity index (χ3v) is 4.12. The number of nitrogens with zero attached hydrogens (tertiary/aromatic N) is 2. The van der Waals surface area contributed by atoms with Gasteiger partial charge in [0, 0.05) is 31.2 Å². The van der Waals surface area contributed by atoms with Crippen LogP contribution < -0.4 is 5.32 Å². The van der Waals surface area contributed by atoms with E-state index in [0.717, 1.165) is 38.9 Å². The van der Waals surface area contributed by atoms with E-state index in [-0.39, 0.29) is 5.54 Å². The Morgan fingerprint density at radius 1 is 1.16 bits per heavy atom. The van der Waals surface area contributed by atoms with Crippen LogP contribution in [-0.2, 0) is 4.74 Å². The van der Waals surface area contributed by atoms with Gasteiger partial charge in [0.25, 0.3) is 0 Å². The van der Waals surface area contributed by atoms with Gasteiger partial charge in [-0.2, -0.15) is 0 Å². The maximum Gasteiger partial charge on any atom is 0.0594 e. The molecule has 0 bridgehead atoms. The Kier molecular flexibility index (Phi) is 5.63. The maximum atomic E-state index is 5.43. The maximum absolute atomic E-state index is 5.43. The van der Waals surface area contributed by atoms with Crippen LogP contribution in [-0.4, -0.2) is 73.9 Å². The van der Waals surface area contributed by atoms with E-state index in [0.29, 0.717) is 0 Å². The summed E-state index contributed by atoms with van der Waals surface area (Å²) in [5, 5.41) is 3.57. The van der Waals surface area contributed by atoms with Crippen LogP contribution in [0.15, 0.2) is 0 Å². The molecule has 2 aliphatic rings. The van der Waals surface area contributed by atoms with Crippen LogP contribution >= 0.6 is 0 Å². The first kappa shape index (κ1) is 15.2. The molecule has 0 spiro atoms. The topological polar surface area (TPSA) is 27.7 Å². The van der Waals surface area contributed by atoms with Gasteiger partial charge in [-0.25, -0.2) is 0 Å². The van der Waals surface area contributed by atoms with E-state index in [1.165, 1.54) is 32.5 Å². The quantitative estimate of drug-likeness (QED) is 0.758. The van der Waals surface area contributed by atoms with Crippen molar-refractivity contribution in [3.05, 3.63) is 0 Å². The van der Waals surface area contributed by atoms with Crippen molar-refractivity contribution in [3.63, 3.8) is 0 Å². The van der Waals surface area contributed by atoms with Crippen molar-refractivity contribution in [1.29, 1.82) is 0 Å². The molecule has 0 aliphatic carbocycles. The van der Waals surface area contributed by atoms with Crippen molar-refractivity contribution in [3.8, 4) is 0 Å². The predicted molar refractivity (Wildman–Crippen MR) is 79.6 cm³/mol. The molecule has 2 fully saturated rings. The second kappa shape index (κ2) is 7.02. The smallest absolute Gasteiger partial charge is 0.0594 e. The van der Waals surface area contributed by atoms with Crippen LogP contribution in [0, 0.1) is 0 Å². The Hall–Kier alpha value is -0.160. The fourth-order valence-electron chi connectivity index (χ4n) is 3.02. The minimum absolute atomic E-state index is 0.251. The molecule has 0 aromatic rings. The molecule has 1 N–H and O–H groups in total. The van der Waals surface area contributed by atoms with Gasteiger partial charge in [0.05, 0.1) is 13.2 Å². The SMILES string of the molecule is CC(C)(C)NCCCN1CCC(N2CCOCC2)C1. The molecular weight excluding hydrogens is 238 g/mol. The minimum atomic E-state index is 0.251. The van der Waals surface area contributed by atoms with Crippen molar-refractivity contribution in [2.75, 3.05) is 52.5 Å². The molecule has 4 nitrogen and oxygen atoms in total. The van der Waals surface area contributed by atoms with Gasteiger partial charge in [-0.3, -0.25) is 4.90 Å². The third kappa shape index (κ3) is 5.38.